The highest BCUT2D eigenvalue weighted by molar-refractivity contribution is 9.10. The number of hydrogen-bond donors (Lipinski definition) is 1. The van der Waals surface area contributed by atoms with Crippen molar-refractivity contribution in [1.82, 2.24) is 5.32 Å². The molecule has 1 N–H and O–H groups in total. The fourth-order valence-corrected chi connectivity index (χ4v) is 2.54. The molecule has 4 heteroatoms. The Morgan fingerprint density at radius 2 is 1.80 bits per heavy atom. The number of nitrogens with one attached hydrogen (secondary N) is 1. The van der Waals surface area contributed by atoms with Crippen LogP contribution in [0.3, 0.4) is 0 Å². The fraction of sp³-hybridized carbons (Fsp3) is 0.250. The molecular weight excluding hydrogens is 338 g/mol. The molecule has 1 saturated carbocycles. The standard InChI is InChI=1S/C16H15BrClNO/c17-16-9-15(20-14-7-2-12(18)3-8-14)6-1-11(16)10-19-13-4-5-13/h1-3,6-9,13,19H,4-5,10H2. The van der Waals surface area contributed by atoms with Crippen molar-refractivity contribution in [2.24, 2.45) is 0 Å². The summed E-state index contributed by atoms with van der Waals surface area (Å²) in [5.74, 6) is 1.60. The lowest BCUT2D eigenvalue weighted by Crippen LogP contribution is -2.15. The van der Waals surface area contributed by atoms with E-state index in [2.05, 4.69) is 27.3 Å². The predicted octanol–water partition coefficient (Wildman–Crippen LogP) is 5.15. The third kappa shape index (κ3) is 3.75. The first-order valence-electron chi connectivity index (χ1n) is 6.66. The number of hydrogen-bond acceptors (Lipinski definition) is 2. The van der Waals surface area contributed by atoms with Crippen molar-refractivity contribution in [3.05, 3.63) is 57.5 Å². The van der Waals surface area contributed by atoms with E-state index in [0.29, 0.717) is 11.1 Å². The maximum atomic E-state index is 5.86. The summed E-state index contributed by atoms with van der Waals surface area (Å²) >= 11 is 9.46. The summed E-state index contributed by atoms with van der Waals surface area (Å²) in [6.07, 6.45) is 2.60. The first-order chi connectivity index (χ1) is 9.70. The highest BCUT2D eigenvalue weighted by Gasteiger charge is 2.20. The van der Waals surface area contributed by atoms with Gasteiger partial charge in [0.1, 0.15) is 11.5 Å². The van der Waals surface area contributed by atoms with Gasteiger partial charge in [-0.2, -0.15) is 0 Å². The van der Waals surface area contributed by atoms with Crippen LogP contribution in [-0.2, 0) is 6.54 Å². The average Bonchev–Trinajstić information content (AvgIpc) is 3.25. The van der Waals surface area contributed by atoms with Gasteiger partial charge in [0.05, 0.1) is 0 Å². The van der Waals surface area contributed by atoms with Crippen molar-refractivity contribution in [2.75, 3.05) is 0 Å². The summed E-state index contributed by atoms with van der Waals surface area (Å²) in [5.41, 5.74) is 1.25. The first-order valence-corrected chi connectivity index (χ1v) is 7.83. The molecule has 1 aliphatic rings. The molecule has 0 radical (unpaired) electrons. The highest BCUT2D eigenvalue weighted by Crippen LogP contribution is 2.28. The Hall–Kier alpha value is -1.03. The van der Waals surface area contributed by atoms with Gasteiger partial charge in [0.2, 0.25) is 0 Å². The van der Waals surface area contributed by atoms with Crippen LogP contribution < -0.4 is 10.1 Å². The molecular formula is C16H15BrClNO. The zero-order chi connectivity index (χ0) is 13.9. The summed E-state index contributed by atoms with van der Waals surface area (Å²) in [5, 5.41) is 4.21. The van der Waals surface area contributed by atoms with Crippen LogP contribution in [0, 0.1) is 0 Å². The van der Waals surface area contributed by atoms with E-state index in [0.717, 1.165) is 22.5 Å². The Morgan fingerprint density at radius 1 is 1.10 bits per heavy atom. The maximum Gasteiger partial charge on any atom is 0.128 e. The molecule has 2 nitrogen and oxygen atoms in total. The molecule has 1 fully saturated rings. The molecule has 0 unspecified atom stereocenters. The van der Waals surface area contributed by atoms with Gasteiger partial charge in [0.25, 0.3) is 0 Å². The van der Waals surface area contributed by atoms with Crippen LogP contribution in [0.25, 0.3) is 0 Å². The van der Waals surface area contributed by atoms with E-state index >= 15 is 0 Å². The zero-order valence-corrected chi connectivity index (χ0v) is 13.2. The van der Waals surface area contributed by atoms with Crippen LogP contribution in [-0.4, -0.2) is 6.04 Å². The van der Waals surface area contributed by atoms with Crippen molar-refractivity contribution in [2.45, 2.75) is 25.4 Å². The fourth-order valence-electron chi connectivity index (χ4n) is 1.92. The molecule has 2 aromatic rings. The summed E-state index contributed by atoms with van der Waals surface area (Å²) in [6, 6.07) is 14.1. The minimum Gasteiger partial charge on any atom is -0.457 e. The second kappa shape index (κ2) is 6.17. The molecule has 0 spiro atoms. The van der Waals surface area contributed by atoms with Crippen LogP contribution in [0.15, 0.2) is 46.9 Å². The molecule has 0 saturated heterocycles. The van der Waals surface area contributed by atoms with Crippen LogP contribution in [0.1, 0.15) is 18.4 Å². The Kier molecular flexibility index (Phi) is 4.29. The second-order valence-corrected chi connectivity index (χ2v) is 6.26. The van der Waals surface area contributed by atoms with Gasteiger partial charge in [-0.3, -0.25) is 0 Å². The van der Waals surface area contributed by atoms with Crippen molar-refractivity contribution >= 4 is 27.5 Å². The van der Waals surface area contributed by atoms with Crippen LogP contribution in [0.2, 0.25) is 5.02 Å². The molecule has 0 atom stereocenters. The van der Waals surface area contributed by atoms with E-state index in [9.17, 15) is 0 Å². The maximum absolute atomic E-state index is 5.86. The predicted molar refractivity (Wildman–Crippen MR) is 85.5 cm³/mol. The SMILES string of the molecule is Clc1ccc(Oc2ccc(CNC3CC3)c(Br)c2)cc1. The normalized spacial score (nSPS) is 14.3. The van der Waals surface area contributed by atoms with Crippen molar-refractivity contribution in [3.63, 3.8) is 0 Å². The molecule has 0 aliphatic heterocycles. The molecule has 0 amide bonds. The number of ether oxygens (including phenoxy) is 1. The Balaban J connectivity index is 1.67. The molecule has 20 heavy (non-hydrogen) atoms. The number of benzene rings is 2. The van der Waals surface area contributed by atoms with Crippen LogP contribution in [0.5, 0.6) is 11.5 Å². The van der Waals surface area contributed by atoms with E-state index in [1.807, 2.05) is 36.4 Å². The lowest BCUT2D eigenvalue weighted by Gasteiger charge is -2.10. The third-order valence-electron chi connectivity index (χ3n) is 3.23. The van der Waals surface area contributed by atoms with Gasteiger partial charge in [-0.25, -0.2) is 0 Å². The third-order valence-corrected chi connectivity index (χ3v) is 4.22. The Bertz CT molecular complexity index is 596. The number of rotatable bonds is 5. The molecule has 0 bridgehead atoms. The summed E-state index contributed by atoms with van der Waals surface area (Å²) < 4.78 is 6.86. The molecule has 0 aromatic heterocycles. The molecule has 3 rings (SSSR count). The van der Waals surface area contributed by atoms with Gasteiger partial charge >= 0.3 is 0 Å². The van der Waals surface area contributed by atoms with Crippen LogP contribution >= 0.6 is 27.5 Å². The van der Waals surface area contributed by atoms with E-state index in [1.165, 1.54) is 18.4 Å². The summed E-state index contributed by atoms with van der Waals surface area (Å²) in [4.78, 5) is 0. The van der Waals surface area contributed by atoms with Gasteiger partial charge < -0.3 is 10.1 Å². The largest absolute Gasteiger partial charge is 0.457 e. The first kappa shape index (κ1) is 13.9. The lowest BCUT2D eigenvalue weighted by molar-refractivity contribution is 0.482. The molecule has 0 heterocycles. The van der Waals surface area contributed by atoms with Crippen molar-refractivity contribution in [3.8, 4) is 11.5 Å². The van der Waals surface area contributed by atoms with Crippen LogP contribution in [0.4, 0.5) is 0 Å². The van der Waals surface area contributed by atoms with Crippen molar-refractivity contribution < 1.29 is 4.74 Å². The van der Waals surface area contributed by atoms with Gasteiger partial charge in [-0.05, 0) is 54.8 Å². The van der Waals surface area contributed by atoms with Crippen molar-refractivity contribution in [1.29, 1.82) is 0 Å². The highest BCUT2D eigenvalue weighted by atomic mass is 79.9. The van der Waals surface area contributed by atoms with E-state index in [1.54, 1.807) is 0 Å². The Labute approximate surface area is 132 Å². The lowest BCUT2D eigenvalue weighted by atomic mass is 10.2. The summed E-state index contributed by atoms with van der Waals surface area (Å²) in [7, 11) is 0. The molecule has 104 valence electrons. The minimum atomic E-state index is 0.708. The van der Waals surface area contributed by atoms with Gasteiger partial charge in [0.15, 0.2) is 0 Å². The van der Waals surface area contributed by atoms with E-state index in [-0.39, 0.29) is 0 Å². The zero-order valence-electron chi connectivity index (χ0n) is 10.9. The molecule has 1 aliphatic carbocycles. The average molecular weight is 353 g/mol. The molecule has 2 aromatic carbocycles. The quantitative estimate of drug-likeness (QED) is 0.804. The van der Waals surface area contributed by atoms with Gasteiger partial charge in [-0.1, -0.05) is 33.6 Å². The monoisotopic (exact) mass is 351 g/mol. The Morgan fingerprint density at radius 3 is 2.45 bits per heavy atom. The smallest absolute Gasteiger partial charge is 0.128 e. The van der Waals surface area contributed by atoms with E-state index < -0.39 is 0 Å². The van der Waals surface area contributed by atoms with E-state index in [4.69, 9.17) is 16.3 Å². The summed E-state index contributed by atoms with van der Waals surface area (Å²) in [6.45, 7) is 0.895. The van der Waals surface area contributed by atoms with Gasteiger partial charge in [-0.15, -0.1) is 0 Å². The minimum absolute atomic E-state index is 0.708. The van der Waals surface area contributed by atoms with Gasteiger partial charge in [0, 0.05) is 22.1 Å². The topological polar surface area (TPSA) is 21.3 Å². The number of halogens is 2. The second-order valence-electron chi connectivity index (χ2n) is 4.96.